The summed E-state index contributed by atoms with van der Waals surface area (Å²) in [7, 11) is 0. The Bertz CT molecular complexity index is 236. The Morgan fingerprint density at radius 2 is 2.50 bits per heavy atom. The van der Waals surface area contributed by atoms with Gasteiger partial charge in [0, 0.05) is 0 Å². The number of allylic oxidation sites excluding steroid dienone is 1. The highest BCUT2D eigenvalue weighted by Gasteiger charge is 1.90. The summed E-state index contributed by atoms with van der Waals surface area (Å²) in [6, 6.07) is 3.57. The van der Waals surface area contributed by atoms with Crippen molar-refractivity contribution in [3.63, 3.8) is 0 Å². The third-order valence-electron chi connectivity index (χ3n) is 0.936. The predicted molar refractivity (Wildman–Crippen MR) is 46.8 cm³/mol. The van der Waals surface area contributed by atoms with E-state index in [4.69, 9.17) is 4.42 Å². The Kier molecular flexibility index (Phi) is 2.68. The zero-order chi connectivity index (χ0) is 7.40. The molecule has 0 aromatic carbocycles. The molecule has 0 N–H and O–H groups in total. The van der Waals surface area contributed by atoms with Crippen LogP contribution in [0.4, 0.5) is 0 Å². The molecular formula is C7H5IO2. The molecule has 1 aromatic heterocycles. The molecule has 0 aliphatic heterocycles. The number of hydrogen-bond acceptors (Lipinski definition) is 2. The van der Waals surface area contributed by atoms with E-state index in [1.807, 2.05) is 22.6 Å². The molecule has 0 aliphatic rings. The molecule has 1 rings (SSSR count). The van der Waals surface area contributed by atoms with E-state index in [0.717, 1.165) is 6.29 Å². The van der Waals surface area contributed by atoms with Crippen molar-refractivity contribution in [3.8, 4) is 0 Å². The summed E-state index contributed by atoms with van der Waals surface area (Å²) in [5.74, 6) is 0.705. The lowest BCUT2D eigenvalue weighted by molar-refractivity contribution is -0.104. The van der Waals surface area contributed by atoms with Crippen molar-refractivity contribution >= 4 is 35.0 Å². The van der Waals surface area contributed by atoms with E-state index in [9.17, 15) is 4.79 Å². The lowest BCUT2D eigenvalue weighted by atomic mass is 10.4. The van der Waals surface area contributed by atoms with E-state index in [2.05, 4.69) is 0 Å². The average molecular weight is 248 g/mol. The number of rotatable bonds is 2. The third kappa shape index (κ3) is 1.98. The van der Waals surface area contributed by atoms with Crippen molar-refractivity contribution in [2.75, 3.05) is 0 Å². The molecule has 0 amide bonds. The summed E-state index contributed by atoms with van der Waals surface area (Å²) < 4.78 is 5.60. The zero-order valence-electron chi connectivity index (χ0n) is 5.08. The zero-order valence-corrected chi connectivity index (χ0v) is 7.24. The van der Waals surface area contributed by atoms with Gasteiger partial charge in [-0.15, -0.1) is 0 Å². The minimum absolute atomic E-state index is 0.632. The molecule has 0 saturated carbocycles. The van der Waals surface area contributed by atoms with Crippen LogP contribution in [0.2, 0.25) is 0 Å². The summed E-state index contributed by atoms with van der Waals surface area (Å²) in [5.41, 5.74) is 0. The first-order valence-electron chi connectivity index (χ1n) is 2.69. The number of carbonyl (C=O) groups excluding carboxylic acids is 1. The smallest absolute Gasteiger partial charge is 0.156 e. The van der Waals surface area contributed by atoms with E-state index < -0.39 is 0 Å². The van der Waals surface area contributed by atoms with Gasteiger partial charge in [0.25, 0.3) is 0 Å². The van der Waals surface area contributed by atoms with Gasteiger partial charge in [0.2, 0.25) is 0 Å². The molecule has 0 saturated heterocycles. The summed E-state index contributed by atoms with van der Waals surface area (Å²) in [6.07, 6.45) is 4.02. The van der Waals surface area contributed by atoms with Gasteiger partial charge in [0.05, 0.1) is 9.84 Å². The van der Waals surface area contributed by atoms with Gasteiger partial charge in [-0.2, -0.15) is 0 Å². The second-order valence-electron chi connectivity index (χ2n) is 1.66. The van der Waals surface area contributed by atoms with Crippen molar-refractivity contribution < 1.29 is 9.21 Å². The Morgan fingerprint density at radius 1 is 1.70 bits per heavy atom. The minimum atomic E-state index is 0.632. The first kappa shape index (κ1) is 7.53. The van der Waals surface area contributed by atoms with E-state index in [1.54, 1.807) is 24.5 Å². The normalized spacial score (nSPS) is 11.5. The number of halogens is 1. The molecule has 0 fully saturated rings. The van der Waals surface area contributed by atoms with Gasteiger partial charge in [0.1, 0.15) is 5.76 Å². The monoisotopic (exact) mass is 248 g/mol. The van der Waals surface area contributed by atoms with Crippen molar-refractivity contribution in [3.05, 3.63) is 27.7 Å². The van der Waals surface area contributed by atoms with Crippen molar-refractivity contribution in [1.82, 2.24) is 0 Å². The number of furan rings is 1. The summed E-state index contributed by atoms with van der Waals surface area (Å²) in [5, 5.41) is 0. The van der Waals surface area contributed by atoms with Crippen LogP contribution in [-0.2, 0) is 4.79 Å². The number of hydrogen-bond donors (Lipinski definition) is 0. The van der Waals surface area contributed by atoms with Gasteiger partial charge >= 0.3 is 0 Å². The van der Waals surface area contributed by atoms with Crippen LogP contribution in [0.5, 0.6) is 0 Å². The van der Waals surface area contributed by atoms with E-state index in [0.29, 0.717) is 9.34 Å². The SMILES string of the molecule is O=C/C(I)=C/c1ccco1. The van der Waals surface area contributed by atoms with Crippen molar-refractivity contribution in [2.45, 2.75) is 0 Å². The Balaban J connectivity index is 2.80. The molecule has 0 spiro atoms. The molecule has 0 atom stereocenters. The Labute approximate surface area is 72.1 Å². The van der Waals surface area contributed by atoms with Gasteiger partial charge in [-0.3, -0.25) is 4.79 Å². The standard InChI is InChI=1S/C7H5IO2/c8-6(5-9)4-7-2-1-3-10-7/h1-5H/b6-4-. The molecule has 2 nitrogen and oxygen atoms in total. The van der Waals surface area contributed by atoms with Crippen LogP contribution in [0.25, 0.3) is 6.08 Å². The molecular weight excluding hydrogens is 243 g/mol. The van der Waals surface area contributed by atoms with Crippen LogP contribution in [-0.4, -0.2) is 6.29 Å². The van der Waals surface area contributed by atoms with Crippen LogP contribution in [0.15, 0.2) is 26.4 Å². The fourth-order valence-electron chi connectivity index (χ4n) is 0.543. The molecule has 10 heavy (non-hydrogen) atoms. The Morgan fingerprint density at radius 3 is 3.00 bits per heavy atom. The topological polar surface area (TPSA) is 30.2 Å². The molecule has 1 aromatic rings. The highest BCUT2D eigenvalue weighted by atomic mass is 127. The minimum Gasteiger partial charge on any atom is -0.465 e. The van der Waals surface area contributed by atoms with Gasteiger partial charge in [-0.25, -0.2) is 0 Å². The van der Waals surface area contributed by atoms with Gasteiger partial charge in [0.15, 0.2) is 6.29 Å². The van der Waals surface area contributed by atoms with Crippen LogP contribution in [0.3, 0.4) is 0 Å². The fraction of sp³-hybridized carbons (Fsp3) is 0. The van der Waals surface area contributed by atoms with Crippen molar-refractivity contribution in [1.29, 1.82) is 0 Å². The molecule has 52 valence electrons. The van der Waals surface area contributed by atoms with Crippen LogP contribution in [0, 0.1) is 0 Å². The van der Waals surface area contributed by atoms with Crippen LogP contribution in [0.1, 0.15) is 5.76 Å². The summed E-state index contributed by atoms with van der Waals surface area (Å²) in [6.45, 7) is 0. The molecule has 1 heterocycles. The second kappa shape index (κ2) is 3.55. The number of aldehydes is 1. The van der Waals surface area contributed by atoms with Crippen LogP contribution >= 0.6 is 22.6 Å². The highest BCUT2D eigenvalue weighted by Crippen LogP contribution is 2.10. The first-order chi connectivity index (χ1) is 4.83. The van der Waals surface area contributed by atoms with Gasteiger partial charge in [-0.05, 0) is 40.8 Å². The number of carbonyl (C=O) groups is 1. The van der Waals surface area contributed by atoms with E-state index in [-0.39, 0.29) is 0 Å². The maximum absolute atomic E-state index is 10.1. The maximum Gasteiger partial charge on any atom is 0.156 e. The largest absolute Gasteiger partial charge is 0.465 e. The van der Waals surface area contributed by atoms with Crippen molar-refractivity contribution in [2.24, 2.45) is 0 Å². The third-order valence-corrected chi connectivity index (χ3v) is 1.50. The van der Waals surface area contributed by atoms with Gasteiger partial charge in [-0.1, -0.05) is 0 Å². The molecule has 0 bridgehead atoms. The highest BCUT2D eigenvalue weighted by molar-refractivity contribution is 14.1. The molecule has 0 radical (unpaired) electrons. The van der Waals surface area contributed by atoms with E-state index in [1.165, 1.54) is 0 Å². The predicted octanol–water partition coefficient (Wildman–Crippen LogP) is 2.25. The first-order valence-corrected chi connectivity index (χ1v) is 3.76. The second-order valence-corrected chi connectivity index (χ2v) is 2.91. The van der Waals surface area contributed by atoms with Gasteiger partial charge < -0.3 is 4.42 Å². The average Bonchev–Trinajstić information content (AvgIpc) is 2.40. The molecule has 0 aliphatic carbocycles. The maximum atomic E-state index is 10.1. The fourth-order valence-corrected chi connectivity index (χ4v) is 0.850. The molecule has 3 heteroatoms. The lowest BCUT2D eigenvalue weighted by Gasteiger charge is -1.82. The van der Waals surface area contributed by atoms with E-state index >= 15 is 0 Å². The molecule has 0 unspecified atom stereocenters. The Hall–Kier alpha value is -0.580. The lowest BCUT2D eigenvalue weighted by Crippen LogP contribution is -1.69. The summed E-state index contributed by atoms with van der Waals surface area (Å²) in [4.78, 5) is 10.1. The quantitative estimate of drug-likeness (QED) is 0.456. The van der Waals surface area contributed by atoms with Crippen LogP contribution < -0.4 is 0 Å². The summed E-state index contributed by atoms with van der Waals surface area (Å²) >= 11 is 1.94.